The molecule has 0 radical (unpaired) electrons. The van der Waals surface area contributed by atoms with Gasteiger partial charge in [0, 0.05) is 39.7 Å². The highest BCUT2D eigenvalue weighted by Crippen LogP contribution is 2.18. The number of ether oxygens (including phenoxy) is 3. The van der Waals surface area contributed by atoms with Crippen molar-refractivity contribution in [2.45, 2.75) is 63.8 Å². The monoisotopic (exact) mass is 395 g/mol. The van der Waals surface area contributed by atoms with E-state index in [2.05, 4.69) is 0 Å². The molecule has 0 aromatic heterocycles. The zero-order valence-electron chi connectivity index (χ0n) is 15.2. The van der Waals surface area contributed by atoms with Crippen LogP contribution in [0.15, 0.2) is 0 Å². The summed E-state index contributed by atoms with van der Waals surface area (Å²) in [5.74, 6) is -7.45. The van der Waals surface area contributed by atoms with E-state index < -0.39 is 67.0 Å². The number of hydrogen-bond donors (Lipinski definition) is 5. The number of rotatable bonds is 11. The Morgan fingerprint density at radius 3 is 1.85 bits per heavy atom. The highest BCUT2D eigenvalue weighted by atomic mass is 16.6. The molecule has 12 heteroatoms. The van der Waals surface area contributed by atoms with Crippen molar-refractivity contribution in [3.8, 4) is 0 Å². The molecule has 156 valence electrons. The molecule has 0 saturated carbocycles. The number of carboxylic acid groups (broad SMARTS) is 1. The summed E-state index contributed by atoms with van der Waals surface area (Å²) in [7, 11) is 0. The molecule has 0 aromatic rings. The smallest absolute Gasteiger partial charge is 0.364 e. The van der Waals surface area contributed by atoms with Crippen LogP contribution in [0.4, 0.5) is 0 Å². The number of aliphatic hydroxyl groups is 3. The Balaban J connectivity index is 5.27. The summed E-state index contributed by atoms with van der Waals surface area (Å²) in [5.41, 5.74) is 5.72. The van der Waals surface area contributed by atoms with E-state index in [-0.39, 0.29) is 6.42 Å². The highest BCUT2D eigenvalue weighted by molar-refractivity contribution is 5.74. The third kappa shape index (κ3) is 9.84. The largest absolute Gasteiger partial charge is 0.477 e. The van der Waals surface area contributed by atoms with Crippen molar-refractivity contribution in [3.63, 3.8) is 0 Å². The van der Waals surface area contributed by atoms with E-state index in [4.69, 9.17) is 25.1 Å². The molecule has 4 atom stereocenters. The quantitative estimate of drug-likeness (QED) is 0.142. The molecule has 0 aliphatic rings. The van der Waals surface area contributed by atoms with Crippen molar-refractivity contribution in [1.82, 2.24) is 0 Å². The first-order valence-electron chi connectivity index (χ1n) is 7.85. The Morgan fingerprint density at radius 2 is 1.44 bits per heavy atom. The first-order valence-corrected chi connectivity index (χ1v) is 7.85. The van der Waals surface area contributed by atoms with Gasteiger partial charge in [0.25, 0.3) is 5.79 Å². The van der Waals surface area contributed by atoms with Gasteiger partial charge < -0.3 is 40.4 Å². The summed E-state index contributed by atoms with van der Waals surface area (Å²) in [6, 6.07) is -1.30. The lowest BCUT2D eigenvalue weighted by Gasteiger charge is -2.30. The average molecular weight is 395 g/mol. The number of aliphatic hydroxyl groups excluding tert-OH is 1. The molecule has 0 amide bonds. The normalized spacial score (nSPS) is 15.8. The molecule has 0 aliphatic heterocycles. The fourth-order valence-corrected chi connectivity index (χ4v) is 2.07. The van der Waals surface area contributed by atoms with Crippen LogP contribution in [0.1, 0.15) is 33.6 Å². The van der Waals surface area contributed by atoms with E-state index in [1.807, 2.05) is 0 Å². The molecule has 27 heavy (non-hydrogen) atoms. The van der Waals surface area contributed by atoms with Crippen LogP contribution in [-0.4, -0.2) is 81.1 Å². The Hall–Kier alpha value is -2.28. The summed E-state index contributed by atoms with van der Waals surface area (Å²) in [6.07, 6.45) is -5.62. The zero-order valence-corrected chi connectivity index (χ0v) is 15.2. The van der Waals surface area contributed by atoms with Gasteiger partial charge in [0.15, 0.2) is 6.10 Å². The molecule has 0 spiro atoms. The van der Waals surface area contributed by atoms with Crippen LogP contribution >= 0.6 is 0 Å². The van der Waals surface area contributed by atoms with Gasteiger partial charge in [-0.05, 0) is 0 Å². The van der Waals surface area contributed by atoms with Gasteiger partial charge in [-0.3, -0.25) is 14.4 Å². The van der Waals surface area contributed by atoms with Crippen molar-refractivity contribution in [3.05, 3.63) is 0 Å². The average Bonchev–Trinajstić information content (AvgIpc) is 2.49. The molecule has 0 bridgehead atoms. The Bertz CT molecular complexity index is 548. The van der Waals surface area contributed by atoms with Gasteiger partial charge in [-0.1, -0.05) is 0 Å². The van der Waals surface area contributed by atoms with Crippen LogP contribution in [-0.2, 0) is 33.4 Å². The third-order valence-electron chi connectivity index (χ3n) is 3.34. The fraction of sp³-hybridized carbons (Fsp3) is 0.733. The molecule has 12 nitrogen and oxygen atoms in total. The lowest BCUT2D eigenvalue weighted by atomic mass is 9.96. The molecular formula is C15H25NO11. The lowest BCUT2D eigenvalue weighted by molar-refractivity contribution is -0.213. The van der Waals surface area contributed by atoms with Gasteiger partial charge in [-0.15, -0.1) is 0 Å². The topological polar surface area (TPSA) is 203 Å². The van der Waals surface area contributed by atoms with Crippen LogP contribution in [0.25, 0.3) is 0 Å². The second kappa shape index (κ2) is 10.8. The van der Waals surface area contributed by atoms with Crippen molar-refractivity contribution in [2.24, 2.45) is 5.73 Å². The number of hydrogen-bond acceptors (Lipinski definition) is 11. The number of esters is 3. The van der Waals surface area contributed by atoms with E-state index >= 15 is 0 Å². The van der Waals surface area contributed by atoms with E-state index in [1.54, 1.807) is 0 Å². The van der Waals surface area contributed by atoms with Crippen LogP contribution in [0, 0.1) is 0 Å². The number of carbonyl (C=O) groups excluding carboxylic acids is 3. The van der Waals surface area contributed by atoms with E-state index in [0.717, 1.165) is 20.8 Å². The van der Waals surface area contributed by atoms with Crippen LogP contribution < -0.4 is 5.73 Å². The number of aliphatic carboxylic acids is 1. The summed E-state index contributed by atoms with van der Waals surface area (Å²) < 4.78 is 14.7. The summed E-state index contributed by atoms with van der Waals surface area (Å²) in [4.78, 5) is 44.3. The maximum atomic E-state index is 11.3. The van der Waals surface area contributed by atoms with Crippen molar-refractivity contribution >= 4 is 23.9 Å². The van der Waals surface area contributed by atoms with Crippen molar-refractivity contribution < 1.29 is 53.8 Å². The summed E-state index contributed by atoms with van der Waals surface area (Å²) in [5, 5.41) is 37.2. The van der Waals surface area contributed by atoms with Gasteiger partial charge in [0.1, 0.15) is 12.7 Å². The molecule has 0 aromatic carbocycles. The molecule has 0 rings (SSSR count). The lowest BCUT2D eigenvalue weighted by Crippen LogP contribution is -2.49. The Morgan fingerprint density at radius 1 is 0.963 bits per heavy atom. The zero-order chi connectivity index (χ0) is 21.4. The van der Waals surface area contributed by atoms with Gasteiger partial charge in [0.2, 0.25) is 0 Å². The standard InChI is InChI=1S/C15H25NO11/c1-7(17)25-6-13(27-9(3)19)12(26-8(2)18)4-10(16)11(20)5-15(23,24)14(21)22/h10-13,20,23-24H,4-6,16H2,1-3H3,(H,21,22). The fourth-order valence-electron chi connectivity index (χ4n) is 2.07. The maximum absolute atomic E-state index is 11.3. The highest BCUT2D eigenvalue weighted by Gasteiger charge is 2.39. The van der Waals surface area contributed by atoms with Gasteiger partial charge in [-0.25, -0.2) is 4.79 Å². The second-order valence-electron chi connectivity index (χ2n) is 5.89. The first-order chi connectivity index (χ1) is 12.3. The molecule has 0 aliphatic carbocycles. The summed E-state index contributed by atoms with van der Waals surface area (Å²) >= 11 is 0. The van der Waals surface area contributed by atoms with Crippen LogP contribution in [0.5, 0.6) is 0 Å². The predicted octanol–water partition coefficient (Wildman–Crippen LogP) is -2.35. The minimum absolute atomic E-state index is 0.365. The molecule has 0 saturated heterocycles. The van der Waals surface area contributed by atoms with Gasteiger partial charge >= 0.3 is 23.9 Å². The first kappa shape index (κ1) is 24.7. The number of nitrogens with two attached hydrogens (primary N) is 1. The molecule has 0 heterocycles. The third-order valence-corrected chi connectivity index (χ3v) is 3.34. The molecule has 0 fully saturated rings. The summed E-state index contributed by atoms with van der Waals surface area (Å²) in [6.45, 7) is 2.77. The van der Waals surface area contributed by atoms with Crippen molar-refractivity contribution in [2.75, 3.05) is 6.61 Å². The number of carboxylic acids is 1. The number of carbonyl (C=O) groups is 4. The molecule has 4 unspecified atom stereocenters. The van der Waals surface area contributed by atoms with E-state index in [0.29, 0.717) is 0 Å². The van der Waals surface area contributed by atoms with Gasteiger partial charge in [0.05, 0.1) is 6.10 Å². The van der Waals surface area contributed by atoms with Gasteiger partial charge in [-0.2, -0.15) is 0 Å². The second-order valence-corrected chi connectivity index (χ2v) is 5.89. The SMILES string of the molecule is CC(=O)OCC(OC(C)=O)C(CC(N)C(O)CC(O)(O)C(=O)O)OC(C)=O. The predicted molar refractivity (Wildman–Crippen MR) is 85.8 cm³/mol. The van der Waals surface area contributed by atoms with Crippen LogP contribution in [0.3, 0.4) is 0 Å². The molecule has 6 N–H and O–H groups in total. The Kier molecular flexibility index (Phi) is 9.86. The maximum Gasteiger partial charge on any atom is 0.364 e. The minimum atomic E-state index is -3.22. The van der Waals surface area contributed by atoms with Crippen LogP contribution in [0.2, 0.25) is 0 Å². The van der Waals surface area contributed by atoms with Crippen molar-refractivity contribution in [1.29, 1.82) is 0 Å². The minimum Gasteiger partial charge on any atom is -0.477 e. The molecular weight excluding hydrogens is 370 g/mol. The van der Waals surface area contributed by atoms with E-state index in [1.165, 1.54) is 0 Å². The Labute approximate surface area is 154 Å². The van der Waals surface area contributed by atoms with E-state index in [9.17, 15) is 34.5 Å².